The summed E-state index contributed by atoms with van der Waals surface area (Å²) in [6.07, 6.45) is 3.17. The molecular weight excluding hydrogens is 376 g/mol. The Kier molecular flexibility index (Phi) is 4.79. The number of rotatable bonds is 4. The highest BCUT2D eigenvalue weighted by Crippen LogP contribution is 2.25. The van der Waals surface area contributed by atoms with Crippen LogP contribution in [0.15, 0.2) is 75.6 Å². The third kappa shape index (κ3) is 4.01. The Hall–Kier alpha value is -2.10. The Balaban J connectivity index is 1.77. The third-order valence-electron chi connectivity index (χ3n) is 3.24. The predicted molar refractivity (Wildman–Crippen MR) is 96.7 cm³/mol. The van der Waals surface area contributed by atoms with Crippen LogP contribution in [0.25, 0.3) is 17.4 Å². The molecule has 0 amide bonds. The maximum atomic E-state index is 12.1. The number of carbonyl (C=O) groups is 1. The molecule has 3 rings (SSSR count). The van der Waals surface area contributed by atoms with Crippen LogP contribution in [0.5, 0.6) is 0 Å². The second-order valence-electron chi connectivity index (χ2n) is 4.92. The normalized spacial score (nSPS) is 11.0. The van der Waals surface area contributed by atoms with Gasteiger partial charge in [-0.05, 0) is 48.6 Å². The molecule has 114 valence electrons. The Labute approximate surface area is 147 Å². The van der Waals surface area contributed by atoms with Crippen LogP contribution < -0.4 is 0 Å². The van der Waals surface area contributed by atoms with E-state index in [0.717, 1.165) is 10.0 Å². The lowest BCUT2D eigenvalue weighted by molar-refractivity contribution is 0.104. The molecule has 0 bridgehead atoms. The first-order chi connectivity index (χ1) is 11.1. The number of allylic oxidation sites excluding steroid dienone is 1. The Morgan fingerprint density at radius 3 is 2.65 bits per heavy atom. The second-order valence-corrected chi connectivity index (χ2v) is 6.27. The van der Waals surface area contributed by atoms with Crippen molar-refractivity contribution >= 4 is 39.4 Å². The van der Waals surface area contributed by atoms with E-state index in [2.05, 4.69) is 15.9 Å². The second kappa shape index (κ2) is 6.99. The molecule has 1 heterocycles. The maximum absolute atomic E-state index is 12.1. The number of hydrogen-bond donors (Lipinski definition) is 0. The number of furan rings is 1. The van der Waals surface area contributed by atoms with Crippen molar-refractivity contribution in [2.75, 3.05) is 0 Å². The molecule has 0 N–H and O–H groups in total. The van der Waals surface area contributed by atoms with E-state index in [4.69, 9.17) is 16.0 Å². The van der Waals surface area contributed by atoms with Crippen LogP contribution in [0.3, 0.4) is 0 Å². The highest BCUT2D eigenvalue weighted by Gasteiger charge is 2.05. The van der Waals surface area contributed by atoms with Gasteiger partial charge in [0.2, 0.25) is 0 Å². The van der Waals surface area contributed by atoms with Gasteiger partial charge in [0.25, 0.3) is 0 Å². The molecule has 2 aromatic carbocycles. The van der Waals surface area contributed by atoms with E-state index in [1.165, 1.54) is 6.08 Å². The van der Waals surface area contributed by atoms with E-state index in [9.17, 15) is 4.79 Å². The minimum Gasteiger partial charge on any atom is -0.457 e. The zero-order chi connectivity index (χ0) is 16.2. The average Bonchev–Trinajstić information content (AvgIpc) is 3.01. The van der Waals surface area contributed by atoms with Gasteiger partial charge in [-0.3, -0.25) is 4.79 Å². The number of ketones is 1. The molecule has 0 spiro atoms. The topological polar surface area (TPSA) is 30.2 Å². The van der Waals surface area contributed by atoms with Gasteiger partial charge in [0.05, 0.1) is 0 Å². The van der Waals surface area contributed by atoms with Crippen LogP contribution in [0.4, 0.5) is 0 Å². The molecule has 0 saturated carbocycles. The van der Waals surface area contributed by atoms with Gasteiger partial charge in [0, 0.05) is 20.6 Å². The van der Waals surface area contributed by atoms with Crippen molar-refractivity contribution in [3.63, 3.8) is 0 Å². The van der Waals surface area contributed by atoms with Crippen LogP contribution in [0, 0.1) is 0 Å². The van der Waals surface area contributed by atoms with Gasteiger partial charge < -0.3 is 4.42 Å². The summed E-state index contributed by atoms with van der Waals surface area (Å²) in [6.45, 7) is 0. The number of halogens is 2. The molecule has 23 heavy (non-hydrogen) atoms. The zero-order valence-electron chi connectivity index (χ0n) is 12.0. The van der Waals surface area contributed by atoms with Crippen molar-refractivity contribution < 1.29 is 9.21 Å². The van der Waals surface area contributed by atoms with Crippen molar-refractivity contribution in [2.24, 2.45) is 0 Å². The van der Waals surface area contributed by atoms with Gasteiger partial charge >= 0.3 is 0 Å². The van der Waals surface area contributed by atoms with Gasteiger partial charge in [0.1, 0.15) is 11.5 Å². The molecule has 0 radical (unpaired) electrons. The summed E-state index contributed by atoms with van der Waals surface area (Å²) in [4.78, 5) is 12.1. The van der Waals surface area contributed by atoms with Crippen LogP contribution in [-0.4, -0.2) is 5.78 Å². The number of carbonyl (C=O) groups excluding carboxylic acids is 1. The zero-order valence-corrected chi connectivity index (χ0v) is 14.3. The summed E-state index contributed by atoms with van der Waals surface area (Å²) < 4.78 is 6.60. The van der Waals surface area contributed by atoms with Gasteiger partial charge in [-0.15, -0.1) is 0 Å². The van der Waals surface area contributed by atoms with Crippen molar-refractivity contribution in [2.45, 2.75) is 0 Å². The first-order valence-electron chi connectivity index (χ1n) is 6.95. The highest BCUT2D eigenvalue weighted by molar-refractivity contribution is 9.10. The van der Waals surface area contributed by atoms with Crippen LogP contribution in [-0.2, 0) is 0 Å². The molecule has 4 heteroatoms. The molecular formula is C19H12BrClO2. The van der Waals surface area contributed by atoms with Crippen LogP contribution in [0.1, 0.15) is 16.1 Å². The first-order valence-corrected chi connectivity index (χ1v) is 8.13. The minimum atomic E-state index is -0.0768. The van der Waals surface area contributed by atoms with E-state index < -0.39 is 0 Å². The summed E-state index contributed by atoms with van der Waals surface area (Å²) in [5.74, 6) is 1.25. The lowest BCUT2D eigenvalue weighted by Gasteiger charge is -1.97. The monoisotopic (exact) mass is 386 g/mol. The highest BCUT2D eigenvalue weighted by atomic mass is 79.9. The molecule has 2 nitrogen and oxygen atoms in total. The van der Waals surface area contributed by atoms with Gasteiger partial charge in [-0.1, -0.05) is 51.8 Å². The molecule has 0 aliphatic rings. The molecule has 0 unspecified atom stereocenters. The van der Waals surface area contributed by atoms with E-state index in [-0.39, 0.29) is 5.78 Å². The molecule has 0 atom stereocenters. The minimum absolute atomic E-state index is 0.0768. The molecule has 3 aromatic rings. The maximum Gasteiger partial charge on any atom is 0.186 e. The Morgan fingerprint density at radius 2 is 1.87 bits per heavy atom. The van der Waals surface area contributed by atoms with Crippen LogP contribution >= 0.6 is 27.5 Å². The van der Waals surface area contributed by atoms with E-state index >= 15 is 0 Å². The lowest BCUT2D eigenvalue weighted by atomic mass is 10.1. The molecule has 0 aliphatic heterocycles. The standard InChI is InChI=1S/C19H12BrClO2/c20-15-5-1-3-13(11-15)18(22)9-7-17-8-10-19(23-17)14-4-2-6-16(21)12-14/h1-12H/b9-7+. The summed E-state index contributed by atoms with van der Waals surface area (Å²) in [5.41, 5.74) is 1.52. The SMILES string of the molecule is O=C(/C=C/c1ccc(-c2cccc(Cl)c2)o1)c1cccc(Br)c1. The fraction of sp³-hybridized carbons (Fsp3) is 0. The third-order valence-corrected chi connectivity index (χ3v) is 3.97. The predicted octanol–water partition coefficient (Wildman–Crippen LogP) is 6.26. The molecule has 0 saturated heterocycles. The van der Waals surface area contributed by atoms with Crippen LogP contribution in [0.2, 0.25) is 5.02 Å². The number of hydrogen-bond acceptors (Lipinski definition) is 2. The lowest BCUT2D eigenvalue weighted by Crippen LogP contribution is -1.93. The van der Waals surface area contributed by atoms with Crippen molar-refractivity contribution in [3.8, 4) is 11.3 Å². The largest absolute Gasteiger partial charge is 0.457 e. The first kappa shape index (κ1) is 15.8. The molecule has 1 aromatic heterocycles. The fourth-order valence-electron chi connectivity index (χ4n) is 2.14. The number of benzene rings is 2. The van der Waals surface area contributed by atoms with E-state index in [0.29, 0.717) is 22.1 Å². The molecule has 0 aliphatic carbocycles. The van der Waals surface area contributed by atoms with Crippen molar-refractivity contribution in [1.82, 2.24) is 0 Å². The summed E-state index contributed by atoms with van der Waals surface area (Å²) in [5, 5.41) is 0.654. The smallest absolute Gasteiger partial charge is 0.186 e. The average molecular weight is 388 g/mol. The van der Waals surface area contributed by atoms with Gasteiger partial charge in [0.15, 0.2) is 5.78 Å². The summed E-state index contributed by atoms with van der Waals surface area (Å²) >= 11 is 9.34. The molecule has 0 fully saturated rings. The Morgan fingerprint density at radius 1 is 1.04 bits per heavy atom. The van der Waals surface area contributed by atoms with Crippen molar-refractivity contribution in [1.29, 1.82) is 0 Å². The summed E-state index contributed by atoms with van der Waals surface area (Å²) in [6, 6.07) is 18.4. The fourth-order valence-corrected chi connectivity index (χ4v) is 2.72. The van der Waals surface area contributed by atoms with Gasteiger partial charge in [-0.2, -0.15) is 0 Å². The van der Waals surface area contributed by atoms with E-state index in [1.807, 2.05) is 48.5 Å². The van der Waals surface area contributed by atoms with Gasteiger partial charge in [-0.25, -0.2) is 0 Å². The van der Waals surface area contributed by atoms with E-state index in [1.54, 1.807) is 18.2 Å². The summed E-state index contributed by atoms with van der Waals surface area (Å²) in [7, 11) is 0. The Bertz CT molecular complexity index is 880. The van der Waals surface area contributed by atoms with Crippen molar-refractivity contribution in [3.05, 3.63) is 87.6 Å². The quantitative estimate of drug-likeness (QED) is 0.391.